The van der Waals surface area contributed by atoms with Crippen LogP contribution in [0, 0.1) is 13.8 Å². The maximum absolute atomic E-state index is 5.14. The van der Waals surface area contributed by atoms with E-state index in [4.69, 9.17) is 21.3 Å². The molecule has 2 atom stereocenters. The standard InChI is InChI=1S/2C22H25N3.2C7H7.Hf/c2*1-3-9-18(10-4-1)17-23-22(24-20-12-5-2-6-13-20)25-16-15-19-11-7-8-14-21(19)25;2*1-7-5-3-2-4-6-7;/h2*1,3-4,7-11,14-16,20,22H,2,5-6,12-13,17H2;2*2-6H,1H2;/q2*-2;2*-1;. The van der Waals surface area contributed by atoms with Crippen LogP contribution < -0.4 is 0 Å². The second kappa shape index (κ2) is 27.4. The van der Waals surface area contributed by atoms with Gasteiger partial charge >= 0.3 is 0 Å². The quantitative estimate of drug-likeness (QED) is 0.0865. The van der Waals surface area contributed by atoms with Gasteiger partial charge in [-0.05, 0) is 35.0 Å². The molecule has 65 heavy (non-hydrogen) atoms. The van der Waals surface area contributed by atoms with E-state index in [1.54, 1.807) is 0 Å². The molecule has 2 unspecified atom stereocenters. The molecule has 6 nitrogen and oxygen atoms in total. The SMILES string of the molecule is [CH2-]c1ccccc1.[CH2-]c1ccccc1.[Hf].c1ccc(C[N-]C([N-]C2CCCCC2)n2ccc3ccccc32)cc1.c1ccc(C[N-]C([N-]C2CCCCC2)n2ccc3ccccc32)cc1. The van der Waals surface area contributed by atoms with E-state index in [1.165, 1.54) is 97.1 Å². The fraction of sp³-hybridized carbons (Fsp3) is 0.276. The van der Waals surface area contributed by atoms with Crippen molar-refractivity contribution in [3.63, 3.8) is 0 Å². The van der Waals surface area contributed by atoms with Gasteiger partial charge in [0.05, 0.1) is 0 Å². The summed E-state index contributed by atoms with van der Waals surface area (Å²) in [5, 5.41) is 22.7. The zero-order chi connectivity index (χ0) is 44.0. The summed E-state index contributed by atoms with van der Waals surface area (Å²) >= 11 is 0. The van der Waals surface area contributed by atoms with Crippen molar-refractivity contribution in [2.75, 3.05) is 0 Å². The first-order chi connectivity index (χ1) is 31.6. The molecule has 0 spiro atoms. The van der Waals surface area contributed by atoms with Gasteiger partial charge in [0.25, 0.3) is 0 Å². The molecular weight excluding hydrogens is 959 g/mol. The van der Waals surface area contributed by atoms with Crippen LogP contribution in [-0.2, 0) is 38.9 Å². The number of rotatable bonds is 12. The third-order valence-corrected chi connectivity index (χ3v) is 11.8. The van der Waals surface area contributed by atoms with E-state index in [0.717, 1.165) is 11.1 Å². The number of hydrogen-bond acceptors (Lipinski definition) is 0. The third kappa shape index (κ3) is 16.1. The van der Waals surface area contributed by atoms with E-state index in [2.05, 4.69) is 145 Å². The molecule has 0 N–H and O–H groups in total. The number of aromatic nitrogens is 2. The van der Waals surface area contributed by atoms with Crippen LogP contribution in [0.4, 0.5) is 0 Å². The van der Waals surface area contributed by atoms with Crippen LogP contribution in [0.25, 0.3) is 43.1 Å². The minimum Gasteiger partial charge on any atom is -0.658 e. The summed E-state index contributed by atoms with van der Waals surface area (Å²) in [6, 6.07) is 62.9. The molecule has 2 saturated carbocycles. The van der Waals surface area contributed by atoms with E-state index in [-0.39, 0.29) is 38.4 Å². The summed E-state index contributed by atoms with van der Waals surface area (Å²) in [5.74, 6) is 0. The van der Waals surface area contributed by atoms with Crippen LogP contribution in [0.5, 0.6) is 0 Å². The Kier molecular flexibility index (Phi) is 20.7. The average Bonchev–Trinajstić information content (AvgIpc) is 3.99. The average molecular weight is 1020 g/mol. The second-order valence-corrected chi connectivity index (χ2v) is 16.8. The maximum atomic E-state index is 5.14. The monoisotopic (exact) mass is 1020 g/mol. The minimum atomic E-state index is -0.136. The number of para-hydroxylation sites is 2. The Hall–Kier alpha value is -5.15. The molecule has 7 heteroatoms. The molecule has 8 aromatic rings. The smallest absolute Gasteiger partial charge is 0.0450 e. The van der Waals surface area contributed by atoms with Crippen molar-refractivity contribution in [3.8, 4) is 0 Å². The van der Waals surface area contributed by atoms with Crippen LogP contribution in [0.2, 0.25) is 0 Å². The fourth-order valence-electron chi connectivity index (χ4n) is 8.36. The van der Waals surface area contributed by atoms with Crippen molar-refractivity contribution < 1.29 is 25.8 Å². The zero-order valence-corrected chi connectivity index (χ0v) is 41.5. The zero-order valence-electron chi connectivity index (χ0n) is 37.9. The first kappa shape index (κ1) is 49.3. The Labute approximate surface area is 408 Å². The Bertz CT molecular complexity index is 2280. The maximum Gasteiger partial charge on any atom is 0.0450 e. The number of nitrogens with zero attached hydrogens (tertiary/aromatic N) is 6. The molecule has 2 heterocycles. The van der Waals surface area contributed by atoms with Crippen molar-refractivity contribution in [1.82, 2.24) is 9.13 Å². The van der Waals surface area contributed by atoms with Crippen LogP contribution in [0.1, 0.15) is 99.0 Å². The van der Waals surface area contributed by atoms with Gasteiger partial charge in [0.15, 0.2) is 0 Å². The number of hydrogen-bond donors (Lipinski definition) is 0. The molecule has 2 fully saturated rings. The van der Waals surface area contributed by atoms with Crippen molar-refractivity contribution >= 4 is 21.8 Å². The second-order valence-electron chi connectivity index (χ2n) is 16.8. The largest absolute Gasteiger partial charge is 0.658 e. The van der Waals surface area contributed by atoms with Gasteiger partial charge in [0.1, 0.15) is 0 Å². The van der Waals surface area contributed by atoms with Crippen molar-refractivity contribution in [3.05, 3.63) is 252 Å². The number of fused-ring (bicyclic) bond motifs is 2. The topological polar surface area (TPSA) is 66.3 Å². The molecular formula is C58H64HfN6-6. The molecule has 0 radical (unpaired) electrons. The van der Waals surface area contributed by atoms with Crippen LogP contribution in [0.15, 0.2) is 194 Å². The molecule has 2 aliphatic carbocycles. The van der Waals surface area contributed by atoms with Gasteiger partial charge in [-0.1, -0.05) is 185 Å². The van der Waals surface area contributed by atoms with E-state index < -0.39 is 0 Å². The summed E-state index contributed by atoms with van der Waals surface area (Å²) in [6.45, 7) is 8.85. The Morgan fingerprint density at radius 1 is 0.400 bits per heavy atom. The molecule has 0 saturated heterocycles. The molecule has 0 aliphatic heterocycles. The molecule has 336 valence electrons. The Balaban J connectivity index is 0.000000164. The molecule has 10 rings (SSSR count). The van der Waals surface area contributed by atoms with E-state index in [9.17, 15) is 0 Å². The van der Waals surface area contributed by atoms with Gasteiger partial charge in [-0.15, -0.1) is 49.4 Å². The van der Waals surface area contributed by atoms with E-state index in [1.807, 2.05) is 72.8 Å². The van der Waals surface area contributed by atoms with E-state index in [0.29, 0.717) is 25.2 Å². The van der Waals surface area contributed by atoms with Gasteiger partial charge in [0, 0.05) is 49.3 Å². The third-order valence-electron chi connectivity index (χ3n) is 11.8. The van der Waals surface area contributed by atoms with Crippen molar-refractivity contribution in [2.24, 2.45) is 0 Å². The Morgan fingerprint density at radius 3 is 1.06 bits per heavy atom. The summed E-state index contributed by atoms with van der Waals surface area (Å²) in [5.41, 5.74) is 7.04. The summed E-state index contributed by atoms with van der Waals surface area (Å²) in [4.78, 5) is 0. The fourth-order valence-corrected chi connectivity index (χ4v) is 8.36. The van der Waals surface area contributed by atoms with Crippen molar-refractivity contribution in [1.29, 1.82) is 0 Å². The minimum absolute atomic E-state index is 0. The van der Waals surface area contributed by atoms with Crippen LogP contribution in [-0.4, -0.2) is 21.2 Å². The summed E-state index contributed by atoms with van der Waals surface area (Å²) < 4.78 is 4.46. The van der Waals surface area contributed by atoms with Gasteiger partial charge in [-0.25, -0.2) is 0 Å². The molecule has 6 aromatic carbocycles. The Morgan fingerprint density at radius 2 is 0.723 bits per heavy atom. The van der Waals surface area contributed by atoms with Crippen molar-refractivity contribution in [2.45, 2.75) is 102 Å². The molecule has 0 bridgehead atoms. The summed E-state index contributed by atoms with van der Waals surface area (Å²) in [6.07, 6.45) is 16.7. The molecule has 0 amide bonds. The van der Waals surface area contributed by atoms with Gasteiger partial charge in [-0.2, -0.15) is 61.8 Å². The number of benzene rings is 6. The predicted octanol–water partition coefficient (Wildman–Crippen LogP) is 16.5. The van der Waals surface area contributed by atoms with Crippen LogP contribution >= 0.6 is 0 Å². The van der Waals surface area contributed by atoms with Gasteiger partial charge in [-0.3, -0.25) is 0 Å². The molecule has 2 aromatic heterocycles. The predicted molar refractivity (Wildman–Crippen MR) is 271 cm³/mol. The van der Waals surface area contributed by atoms with Crippen LogP contribution in [0.3, 0.4) is 0 Å². The van der Waals surface area contributed by atoms with Gasteiger partial charge < -0.3 is 30.4 Å². The molecule has 2 aliphatic rings. The van der Waals surface area contributed by atoms with E-state index >= 15 is 0 Å². The normalized spacial score (nSPS) is 14.9. The van der Waals surface area contributed by atoms with Gasteiger partial charge in [0.2, 0.25) is 0 Å². The first-order valence-corrected chi connectivity index (χ1v) is 23.3. The summed E-state index contributed by atoms with van der Waals surface area (Å²) in [7, 11) is 0. The first-order valence-electron chi connectivity index (χ1n) is 23.3.